The van der Waals surface area contributed by atoms with Crippen molar-refractivity contribution in [1.82, 2.24) is 20.0 Å². The first kappa shape index (κ1) is 17.5. The zero-order chi connectivity index (χ0) is 19.1. The highest BCUT2D eigenvalue weighted by Crippen LogP contribution is 2.37. The summed E-state index contributed by atoms with van der Waals surface area (Å²) in [5, 5.41) is 7.47. The van der Waals surface area contributed by atoms with Crippen LogP contribution in [0.25, 0.3) is 6.08 Å². The minimum Gasteiger partial charge on any atom is -0.483 e. The van der Waals surface area contributed by atoms with Crippen molar-refractivity contribution in [2.45, 2.75) is 37.8 Å². The topological polar surface area (TPSA) is 61.5 Å². The Morgan fingerprint density at radius 3 is 3.04 bits per heavy atom. The first-order chi connectivity index (χ1) is 13.6. The van der Waals surface area contributed by atoms with E-state index in [4.69, 9.17) is 4.74 Å². The number of likely N-dealkylation sites (tertiary alicyclic amines) is 1. The molecular weight excluding hydrogens is 352 g/mol. The Morgan fingerprint density at radius 2 is 2.11 bits per heavy atom. The number of H-pyrrole nitrogens is 1. The molecule has 6 nitrogen and oxygen atoms in total. The van der Waals surface area contributed by atoms with E-state index in [1.807, 2.05) is 23.1 Å². The Kier molecular flexibility index (Phi) is 4.23. The van der Waals surface area contributed by atoms with E-state index in [9.17, 15) is 4.79 Å². The van der Waals surface area contributed by atoms with Crippen molar-refractivity contribution in [1.29, 1.82) is 0 Å². The zero-order valence-electron chi connectivity index (χ0n) is 16.3. The number of ether oxygens (including phenoxy) is 1. The maximum absolute atomic E-state index is 13.2. The number of para-hydroxylation sites is 1. The number of nitrogens with zero attached hydrogens (tertiary/aromatic N) is 3. The SMILES string of the molecule is CN1CCc2[nH]nc(C(=O)N3CCC[C@@]4(C=Cc5ccccc5O4)CC3)c2C1. The molecule has 1 amide bonds. The number of hydrogen-bond donors (Lipinski definition) is 1. The summed E-state index contributed by atoms with van der Waals surface area (Å²) in [4.78, 5) is 17.4. The predicted molar refractivity (Wildman–Crippen MR) is 107 cm³/mol. The minimum atomic E-state index is -0.311. The van der Waals surface area contributed by atoms with Gasteiger partial charge in [0.15, 0.2) is 5.69 Å². The molecule has 4 heterocycles. The molecule has 5 rings (SSSR count). The Bertz CT molecular complexity index is 934. The van der Waals surface area contributed by atoms with Crippen LogP contribution in [0.3, 0.4) is 0 Å². The summed E-state index contributed by atoms with van der Waals surface area (Å²) in [6, 6.07) is 8.14. The molecule has 1 fully saturated rings. The molecule has 1 aromatic carbocycles. The van der Waals surface area contributed by atoms with Crippen LogP contribution in [0.2, 0.25) is 0 Å². The number of nitrogens with one attached hydrogen (secondary N) is 1. The summed E-state index contributed by atoms with van der Waals surface area (Å²) in [5.74, 6) is 0.985. The lowest BCUT2D eigenvalue weighted by atomic mass is 9.91. The van der Waals surface area contributed by atoms with Crippen molar-refractivity contribution < 1.29 is 9.53 Å². The van der Waals surface area contributed by atoms with Crippen LogP contribution in [-0.2, 0) is 13.0 Å². The fourth-order valence-corrected chi connectivity index (χ4v) is 4.56. The van der Waals surface area contributed by atoms with E-state index in [0.29, 0.717) is 12.2 Å². The highest BCUT2D eigenvalue weighted by molar-refractivity contribution is 5.94. The van der Waals surface area contributed by atoms with E-state index < -0.39 is 0 Å². The monoisotopic (exact) mass is 378 g/mol. The molecule has 0 bridgehead atoms. The fraction of sp³-hybridized carbons (Fsp3) is 0.455. The lowest BCUT2D eigenvalue weighted by molar-refractivity contribution is 0.0722. The second-order valence-corrected chi connectivity index (χ2v) is 8.20. The first-order valence-corrected chi connectivity index (χ1v) is 10.1. The second kappa shape index (κ2) is 6.78. The molecule has 3 aliphatic heterocycles. The third-order valence-corrected chi connectivity index (χ3v) is 6.25. The van der Waals surface area contributed by atoms with E-state index in [2.05, 4.69) is 40.4 Å². The number of benzene rings is 1. The Balaban J connectivity index is 1.33. The Morgan fingerprint density at radius 1 is 1.21 bits per heavy atom. The van der Waals surface area contributed by atoms with E-state index >= 15 is 0 Å². The largest absolute Gasteiger partial charge is 0.483 e. The molecule has 1 spiro atoms. The number of aromatic nitrogens is 2. The summed E-state index contributed by atoms with van der Waals surface area (Å²) < 4.78 is 6.41. The van der Waals surface area contributed by atoms with Gasteiger partial charge in [-0.3, -0.25) is 9.89 Å². The van der Waals surface area contributed by atoms with Crippen molar-refractivity contribution in [2.75, 3.05) is 26.7 Å². The molecule has 0 radical (unpaired) electrons. The maximum Gasteiger partial charge on any atom is 0.274 e. The molecule has 0 aliphatic carbocycles. The number of likely N-dealkylation sites (N-methyl/N-ethyl adjacent to an activating group) is 1. The lowest BCUT2D eigenvalue weighted by Crippen LogP contribution is -2.38. The van der Waals surface area contributed by atoms with E-state index in [1.54, 1.807) is 0 Å². The summed E-state index contributed by atoms with van der Waals surface area (Å²) in [7, 11) is 2.09. The van der Waals surface area contributed by atoms with E-state index in [-0.39, 0.29) is 11.5 Å². The van der Waals surface area contributed by atoms with Crippen LogP contribution in [0.1, 0.15) is 46.6 Å². The van der Waals surface area contributed by atoms with Gasteiger partial charge in [0.25, 0.3) is 5.91 Å². The van der Waals surface area contributed by atoms with Gasteiger partial charge in [0.2, 0.25) is 0 Å². The fourth-order valence-electron chi connectivity index (χ4n) is 4.56. The quantitative estimate of drug-likeness (QED) is 0.829. The smallest absolute Gasteiger partial charge is 0.274 e. The van der Waals surface area contributed by atoms with Crippen LogP contribution in [0, 0.1) is 0 Å². The third kappa shape index (κ3) is 3.02. The molecule has 6 heteroatoms. The molecule has 3 aliphatic rings. The van der Waals surface area contributed by atoms with Gasteiger partial charge >= 0.3 is 0 Å². The normalized spacial score (nSPS) is 24.4. The standard InChI is InChI=1S/C22H26N4O2/c1-25-13-8-18-17(15-25)20(24-23-18)21(27)26-12-4-9-22(11-14-26)10-7-16-5-2-3-6-19(16)28-22/h2-3,5-7,10H,4,8-9,11-15H2,1H3,(H,23,24)/t22-/m1/s1. The van der Waals surface area contributed by atoms with Crippen LogP contribution < -0.4 is 4.74 Å². The van der Waals surface area contributed by atoms with Crippen LogP contribution in [0.4, 0.5) is 0 Å². The van der Waals surface area contributed by atoms with Crippen molar-refractivity contribution in [2.24, 2.45) is 0 Å². The van der Waals surface area contributed by atoms with Gasteiger partial charge in [0, 0.05) is 55.8 Å². The number of fused-ring (bicyclic) bond motifs is 2. The highest BCUT2D eigenvalue weighted by atomic mass is 16.5. The van der Waals surface area contributed by atoms with Gasteiger partial charge in [-0.1, -0.05) is 24.3 Å². The van der Waals surface area contributed by atoms with Gasteiger partial charge in [0.1, 0.15) is 11.4 Å². The van der Waals surface area contributed by atoms with Crippen molar-refractivity contribution in [3.63, 3.8) is 0 Å². The number of amides is 1. The summed E-state index contributed by atoms with van der Waals surface area (Å²) in [5.41, 5.74) is 3.60. The number of carbonyl (C=O) groups is 1. The molecule has 0 unspecified atom stereocenters. The predicted octanol–water partition coefficient (Wildman–Crippen LogP) is 2.87. The van der Waals surface area contributed by atoms with Crippen LogP contribution >= 0.6 is 0 Å². The van der Waals surface area contributed by atoms with Gasteiger partial charge in [-0.05, 0) is 32.0 Å². The Hall–Kier alpha value is -2.60. The molecule has 1 atom stereocenters. The molecular formula is C22H26N4O2. The highest BCUT2D eigenvalue weighted by Gasteiger charge is 2.37. The van der Waals surface area contributed by atoms with Crippen LogP contribution in [0.5, 0.6) is 5.75 Å². The number of aromatic amines is 1. The molecule has 146 valence electrons. The third-order valence-electron chi connectivity index (χ3n) is 6.25. The number of rotatable bonds is 1. The summed E-state index contributed by atoms with van der Waals surface area (Å²) in [6.45, 7) is 3.22. The van der Waals surface area contributed by atoms with Crippen molar-refractivity contribution >= 4 is 12.0 Å². The molecule has 0 saturated carbocycles. The minimum absolute atomic E-state index is 0.0463. The zero-order valence-corrected chi connectivity index (χ0v) is 16.3. The van der Waals surface area contributed by atoms with Crippen LogP contribution in [0.15, 0.2) is 30.3 Å². The average molecular weight is 378 g/mol. The molecule has 28 heavy (non-hydrogen) atoms. The van der Waals surface area contributed by atoms with Gasteiger partial charge in [-0.2, -0.15) is 5.10 Å². The van der Waals surface area contributed by atoms with Gasteiger partial charge in [0.05, 0.1) is 0 Å². The lowest BCUT2D eigenvalue weighted by Gasteiger charge is -2.34. The van der Waals surface area contributed by atoms with Crippen LogP contribution in [-0.4, -0.2) is 58.2 Å². The number of carbonyl (C=O) groups excluding carboxylic acids is 1. The molecule has 1 saturated heterocycles. The van der Waals surface area contributed by atoms with Crippen molar-refractivity contribution in [3.05, 3.63) is 52.9 Å². The van der Waals surface area contributed by atoms with Gasteiger partial charge < -0.3 is 14.5 Å². The number of hydrogen-bond acceptors (Lipinski definition) is 4. The maximum atomic E-state index is 13.2. The summed E-state index contributed by atoms with van der Waals surface area (Å²) >= 11 is 0. The first-order valence-electron chi connectivity index (χ1n) is 10.1. The molecule has 1 aromatic heterocycles. The van der Waals surface area contributed by atoms with Gasteiger partial charge in [-0.15, -0.1) is 0 Å². The van der Waals surface area contributed by atoms with E-state index in [1.165, 1.54) is 0 Å². The Labute approximate surface area is 165 Å². The average Bonchev–Trinajstić information content (AvgIpc) is 3.02. The molecule has 1 N–H and O–H groups in total. The second-order valence-electron chi connectivity index (χ2n) is 8.20. The van der Waals surface area contributed by atoms with E-state index in [0.717, 1.165) is 67.9 Å². The van der Waals surface area contributed by atoms with Gasteiger partial charge in [-0.25, -0.2) is 0 Å². The van der Waals surface area contributed by atoms with Crippen molar-refractivity contribution in [3.8, 4) is 5.75 Å². The summed E-state index contributed by atoms with van der Waals surface area (Å²) in [6.07, 6.45) is 7.92. The molecule has 2 aromatic rings.